The van der Waals surface area contributed by atoms with Crippen LogP contribution < -0.4 is 10.1 Å². The number of nitrogens with one attached hydrogen (secondary N) is 1. The van der Waals surface area contributed by atoms with Gasteiger partial charge in [0.2, 0.25) is 0 Å². The minimum atomic E-state index is -0.149. The summed E-state index contributed by atoms with van der Waals surface area (Å²) in [5, 5.41) is 3.68. The molecule has 3 rings (SSSR count). The lowest BCUT2D eigenvalue weighted by Crippen LogP contribution is -2.37. The molecule has 0 fully saturated rings. The quantitative estimate of drug-likeness (QED) is 0.698. The molecule has 0 radical (unpaired) electrons. The van der Waals surface area contributed by atoms with Crippen molar-refractivity contribution in [3.63, 3.8) is 0 Å². The van der Waals surface area contributed by atoms with Crippen molar-refractivity contribution in [3.8, 4) is 5.75 Å². The summed E-state index contributed by atoms with van der Waals surface area (Å²) in [6, 6.07) is 15.1. The fourth-order valence-electron chi connectivity index (χ4n) is 2.81. The van der Waals surface area contributed by atoms with E-state index < -0.39 is 0 Å². The second-order valence-corrected chi connectivity index (χ2v) is 7.43. The summed E-state index contributed by atoms with van der Waals surface area (Å²) in [5.74, 6) is 0.994. The molecular weight excluding hydrogens is 373 g/mol. The molecule has 2 aromatic carbocycles. The first-order chi connectivity index (χ1) is 9.94. The average Bonchev–Trinajstić information content (AvgIpc) is 2.42. The Balaban J connectivity index is 1.92. The van der Waals surface area contributed by atoms with Crippen LogP contribution >= 0.6 is 22.6 Å². The van der Waals surface area contributed by atoms with Crippen LogP contribution in [-0.4, -0.2) is 5.60 Å². The molecule has 1 N–H and O–H groups in total. The van der Waals surface area contributed by atoms with Crippen LogP contribution in [0.2, 0.25) is 0 Å². The number of ether oxygens (including phenoxy) is 1. The first-order valence-electron chi connectivity index (χ1n) is 7.25. The molecular formula is C18H20INO. The topological polar surface area (TPSA) is 21.3 Å². The highest BCUT2D eigenvalue weighted by molar-refractivity contribution is 14.1. The Bertz CT molecular complexity index is 666. The van der Waals surface area contributed by atoms with Crippen LogP contribution in [0, 0.1) is 10.5 Å². The number of rotatable bonds is 2. The molecule has 0 bridgehead atoms. The van der Waals surface area contributed by atoms with E-state index in [4.69, 9.17) is 4.74 Å². The van der Waals surface area contributed by atoms with Gasteiger partial charge in [0.05, 0.1) is 6.04 Å². The first kappa shape index (κ1) is 14.7. The van der Waals surface area contributed by atoms with Crippen molar-refractivity contribution in [2.24, 2.45) is 0 Å². The van der Waals surface area contributed by atoms with E-state index in [0.717, 1.165) is 12.2 Å². The molecule has 3 heteroatoms. The zero-order valence-corrected chi connectivity index (χ0v) is 14.8. The van der Waals surface area contributed by atoms with Gasteiger partial charge in [-0.05, 0) is 67.1 Å². The van der Waals surface area contributed by atoms with Crippen LogP contribution in [0.15, 0.2) is 42.5 Å². The van der Waals surface area contributed by atoms with Gasteiger partial charge >= 0.3 is 0 Å². The van der Waals surface area contributed by atoms with Crippen LogP contribution in [0.1, 0.15) is 37.4 Å². The van der Waals surface area contributed by atoms with Crippen molar-refractivity contribution < 1.29 is 4.74 Å². The minimum absolute atomic E-state index is 0.149. The highest BCUT2D eigenvalue weighted by atomic mass is 127. The number of fused-ring (bicyclic) bond motifs is 1. The van der Waals surface area contributed by atoms with E-state index in [1.165, 1.54) is 20.4 Å². The minimum Gasteiger partial charge on any atom is -0.487 e. The summed E-state index contributed by atoms with van der Waals surface area (Å²) in [6.45, 7) is 6.44. The second-order valence-electron chi connectivity index (χ2n) is 6.26. The molecule has 21 heavy (non-hydrogen) atoms. The van der Waals surface area contributed by atoms with E-state index in [1.807, 2.05) is 6.07 Å². The van der Waals surface area contributed by atoms with Gasteiger partial charge in [-0.25, -0.2) is 0 Å². The fraction of sp³-hybridized carbons (Fsp3) is 0.333. The van der Waals surface area contributed by atoms with Crippen molar-refractivity contribution >= 4 is 28.3 Å². The van der Waals surface area contributed by atoms with Gasteiger partial charge in [-0.15, -0.1) is 0 Å². The number of halogens is 1. The maximum atomic E-state index is 6.09. The Morgan fingerprint density at radius 1 is 1.19 bits per heavy atom. The third kappa shape index (κ3) is 3.18. The van der Waals surface area contributed by atoms with Gasteiger partial charge in [-0.3, -0.25) is 0 Å². The zero-order chi connectivity index (χ0) is 15.0. The van der Waals surface area contributed by atoms with Crippen LogP contribution in [0.4, 0.5) is 5.69 Å². The number of benzene rings is 2. The summed E-state index contributed by atoms with van der Waals surface area (Å²) in [5.41, 5.74) is 3.58. The summed E-state index contributed by atoms with van der Waals surface area (Å²) < 4.78 is 7.38. The van der Waals surface area contributed by atoms with Gasteiger partial charge in [-0.1, -0.05) is 24.3 Å². The maximum absolute atomic E-state index is 6.09. The Hall–Kier alpha value is -1.23. The molecule has 1 heterocycles. The smallest absolute Gasteiger partial charge is 0.125 e. The first-order valence-corrected chi connectivity index (χ1v) is 8.33. The second kappa shape index (κ2) is 5.52. The molecule has 110 valence electrons. The predicted molar refractivity (Wildman–Crippen MR) is 96.0 cm³/mol. The van der Waals surface area contributed by atoms with Gasteiger partial charge in [-0.2, -0.15) is 0 Å². The van der Waals surface area contributed by atoms with Gasteiger partial charge in [0.15, 0.2) is 0 Å². The fourth-order valence-corrected chi connectivity index (χ4v) is 3.33. The Labute approximate surface area is 140 Å². The number of para-hydroxylation sites is 1. The molecule has 1 unspecified atom stereocenters. The van der Waals surface area contributed by atoms with Crippen LogP contribution in [-0.2, 0) is 0 Å². The molecule has 0 amide bonds. The zero-order valence-electron chi connectivity index (χ0n) is 12.6. The molecule has 2 nitrogen and oxygen atoms in total. The largest absolute Gasteiger partial charge is 0.487 e. The number of aryl methyl sites for hydroxylation is 1. The third-order valence-corrected chi connectivity index (χ3v) is 5.05. The lowest BCUT2D eigenvalue weighted by Gasteiger charge is -2.38. The van der Waals surface area contributed by atoms with E-state index in [0.29, 0.717) is 0 Å². The van der Waals surface area contributed by atoms with Crippen LogP contribution in [0.25, 0.3) is 0 Å². The lowest BCUT2D eigenvalue weighted by atomic mass is 9.89. The molecule has 1 aliphatic rings. The normalized spacial score (nSPS) is 19.5. The van der Waals surface area contributed by atoms with E-state index in [1.54, 1.807) is 0 Å². The molecule has 0 spiro atoms. The summed E-state index contributed by atoms with van der Waals surface area (Å²) >= 11 is 2.39. The lowest BCUT2D eigenvalue weighted by molar-refractivity contribution is 0.0759. The van der Waals surface area contributed by atoms with Crippen molar-refractivity contribution in [3.05, 3.63) is 57.2 Å². The Morgan fingerprint density at radius 2 is 1.95 bits per heavy atom. The van der Waals surface area contributed by atoms with Crippen LogP contribution in [0.5, 0.6) is 5.75 Å². The van der Waals surface area contributed by atoms with Crippen molar-refractivity contribution in [2.45, 2.75) is 38.8 Å². The number of anilines is 1. The molecule has 0 aliphatic carbocycles. The van der Waals surface area contributed by atoms with E-state index in [9.17, 15) is 0 Å². The summed E-state index contributed by atoms with van der Waals surface area (Å²) in [6.07, 6.45) is 0.953. The van der Waals surface area contributed by atoms with E-state index >= 15 is 0 Å². The molecule has 0 saturated heterocycles. The highest BCUT2D eigenvalue weighted by Gasteiger charge is 2.33. The molecule has 1 atom stereocenters. The molecule has 0 aromatic heterocycles. The number of hydrogen-bond acceptors (Lipinski definition) is 2. The highest BCUT2D eigenvalue weighted by Crippen LogP contribution is 2.41. The third-order valence-electron chi connectivity index (χ3n) is 3.89. The molecule has 1 aliphatic heterocycles. The van der Waals surface area contributed by atoms with Crippen molar-refractivity contribution in [2.75, 3.05) is 5.32 Å². The van der Waals surface area contributed by atoms with E-state index in [-0.39, 0.29) is 11.6 Å². The summed E-state index contributed by atoms with van der Waals surface area (Å²) in [7, 11) is 0. The van der Waals surface area contributed by atoms with Gasteiger partial charge in [0, 0.05) is 21.2 Å². The standard InChI is InChI=1S/C18H20INO/c1-12-8-9-13(10-15(12)19)20-16-11-18(2,3)21-17-7-5-4-6-14(16)17/h4-10,16,20H,11H2,1-3H3. The van der Waals surface area contributed by atoms with E-state index in [2.05, 4.69) is 85.1 Å². The van der Waals surface area contributed by atoms with Gasteiger partial charge in [0.1, 0.15) is 11.4 Å². The van der Waals surface area contributed by atoms with Crippen molar-refractivity contribution in [1.82, 2.24) is 0 Å². The predicted octanol–water partition coefficient (Wildman–Crippen LogP) is 5.31. The van der Waals surface area contributed by atoms with Crippen molar-refractivity contribution in [1.29, 1.82) is 0 Å². The monoisotopic (exact) mass is 393 g/mol. The van der Waals surface area contributed by atoms with Gasteiger partial charge in [0.25, 0.3) is 0 Å². The van der Waals surface area contributed by atoms with Gasteiger partial charge < -0.3 is 10.1 Å². The molecule has 2 aromatic rings. The Kier molecular flexibility index (Phi) is 3.86. The Morgan fingerprint density at radius 3 is 2.71 bits per heavy atom. The SMILES string of the molecule is Cc1ccc(NC2CC(C)(C)Oc3ccccc32)cc1I. The number of hydrogen-bond donors (Lipinski definition) is 1. The summed E-state index contributed by atoms with van der Waals surface area (Å²) in [4.78, 5) is 0. The molecule has 0 saturated carbocycles. The average molecular weight is 393 g/mol. The van der Waals surface area contributed by atoms with Crippen LogP contribution in [0.3, 0.4) is 0 Å². The maximum Gasteiger partial charge on any atom is 0.125 e.